The predicted molar refractivity (Wildman–Crippen MR) is 97.4 cm³/mol. The number of fused-ring (bicyclic) bond motifs is 2. The van der Waals surface area contributed by atoms with Gasteiger partial charge in [0.15, 0.2) is 5.82 Å². The first-order chi connectivity index (χ1) is 11.4. The van der Waals surface area contributed by atoms with Crippen LogP contribution >= 0.6 is 11.3 Å². The first-order valence-electron chi connectivity index (χ1n) is 7.31. The smallest absolute Gasteiger partial charge is 0.232 e. The van der Waals surface area contributed by atoms with Gasteiger partial charge in [-0.05, 0) is 29.5 Å². The van der Waals surface area contributed by atoms with Gasteiger partial charge in [0.1, 0.15) is 0 Å². The first kappa shape index (κ1) is 15.2. The molecular weight excluding hydrogens is 346 g/mol. The minimum Gasteiger partial charge on any atom is -0.368 e. The molecular formula is C15H15N5O2S2. The summed E-state index contributed by atoms with van der Waals surface area (Å²) in [5, 5.41) is 5.17. The van der Waals surface area contributed by atoms with Gasteiger partial charge in [-0.15, -0.1) is 11.3 Å². The molecule has 0 radical (unpaired) electrons. The van der Waals surface area contributed by atoms with Crippen LogP contribution in [0.1, 0.15) is 5.56 Å². The lowest BCUT2D eigenvalue weighted by atomic mass is 10.1. The number of nitrogens with two attached hydrogens (primary N) is 1. The monoisotopic (exact) mass is 361 g/mol. The Bertz CT molecular complexity index is 1050. The number of nitrogens with zero attached hydrogens (tertiary/aromatic N) is 3. The van der Waals surface area contributed by atoms with Crippen molar-refractivity contribution >= 4 is 54.7 Å². The molecule has 4 rings (SSSR count). The van der Waals surface area contributed by atoms with E-state index in [9.17, 15) is 8.42 Å². The molecule has 0 saturated heterocycles. The molecule has 0 unspecified atom stereocenters. The Morgan fingerprint density at radius 3 is 2.92 bits per heavy atom. The average Bonchev–Trinajstić information content (AvgIpc) is 3.12. The van der Waals surface area contributed by atoms with Crippen molar-refractivity contribution in [2.24, 2.45) is 0 Å². The van der Waals surface area contributed by atoms with Crippen LogP contribution in [0.3, 0.4) is 0 Å². The molecule has 3 aromatic rings. The van der Waals surface area contributed by atoms with Crippen LogP contribution in [-0.2, 0) is 16.4 Å². The van der Waals surface area contributed by atoms with Gasteiger partial charge in [-0.2, -0.15) is 4.98 Å². The van der Waals surface area contributed by atoms with E-state index in [1.807, 2.05) is 29.6 Å². The Morgan fingerprint density at radius 2 is 2.12 bits per heavy atom. The predicted octanol–water partition coefficient (Wildman–Crippen LogP) is 2.34. The number of rotatable bonds is 3. The summed E-state index contributed by atoms with van der Waals surface area (Å²) in [6.07, 6.45) is 1.91. The molecule has 124 valence electrons. The lowest BCUT2D eigenvalue weighted by Gasteiger charge is -2.20. The fourth-order valence-corrected chi connectivity index (χ4v) is 4.69. The van der Waals surface area contributed by atoms with Crippen LogP contribution in [0.25, 0.3) is 10.2 Å². The van der Waals surface area contributed by atoms with E-state index in [1.165, 1.54) is 21.9 Å². The Morgan fingerprint density at radius 1 is 1.29 bits per heavy atom. The minimum atomic E-state index is -3.33. The summed E-state index contributed by atoms with van der Waals surface area (Å²) in [7, 11) is -3.33. The van der Waals surface area contributed by atoms with Gasteiger partial charge < -0.3 is 11.1 Å². The van der Waals surface area contributed by atoms with Gasteiger partial charge in [-0.1, -0.05) is 12.1 Å². The van der Waals surface area contributed by atoms with Crippen molar-refractivity contribution in [3.05, 3.63) is 35.2 Å². The van der Waals surface area contributed by atoms with E-state index in [2.05, 4.69) is 15.3 Å². The van der Waals surface area contributed by atoms with Crippen LogP contribution in [0.15, 0.2) is 29.6 Å². The zero-order valence-electron chi connectivity index (χ0n) is 12.9. The summed E-state index contributed by atoms with van der Waals surface area (Å²) >= 11 is 1.51. The molecule has 1 aliphatic heterocycles. The summed E-state index contributed by atoms with van der Waals surface area (Å²) in [5.41, 5.74) is 8.92. The van der Waals surface area contributed by atoms with E-state index in [1.54, 1.807) is 0 Å². The number of benzene rings is 1. The molecule has 0 amide bonds. The number of anilines is 4. The SMILES string of the molecule is CS(=O)(=O)N1CCc2cccc(Nc3nc(N)nc4ccsc34)c21. The number of nitrogen functional groups attached to an aromatic ring is 1. The number of sulfonamides is 1. The van der Waals surface area contributed by atoms with Crippen LogP contribution in [0.4, 0.5) is 23.1 Å². The first-order valence-corrected chi connectivity index (χ1v) is 10.0. The van der Waals surface area contributed by atoms with Crippen LogP contribution in [-0.4, -0.2) is 31.2 Å². The molecule has 1 aliphatic rings. The molecule has 0 saturated carbocycles. The molecule has 2 aromatic heterocycles. The zero-order valence-corrected chi connectivity index (χ0v) is 14.5. The van der Waals surface area contributed by atoms with Crippen molar-refractivity contribution in [2.45, 2.75) is 6.42 Å². The largest absolute Gasteiger partial charge is 0.368 e. The quantitative estimate of drug-likeness (QED) is 0.742. The van der Waals surface area contributed by atoms with Crippen LogP contribution in [0, 0.1) is 0 Å². The van der Waals surface area contributed by atoms with Crippen molar-refractivity contribution in [2.75, 3.05) is 28.2 Å². The normalized spacial score (nSPS) is 14.1. The molecule has 3 N–H and O–H groups in total. The van der Waals surface area contributed by atoms with E-state index < -0.39 is 10.0 Å². The van der Waals surface area contributed by atoms with Gasteiger partial charge in [-0.25, -0.2) is 13.4 Å². The number of thiophene rings is 1. The maximum Gasteiger partial charge on any atom is 0.232 e. The fraction of sp³-hybridized carbons (Fsp3) is 0.200. The minimum absolute atomic E-state index is 0.177. The summed E-state index contributed by atoms with van der Waals surface area (Å²) in [4.78, 5) is 8.47. The van der Waals surface area contributed by atoms with E-state index in [4.69, 9.17) is 5.73 Å². The summed E-state index contributed by atoms with van der Waals surface area (Å²) < 4.78 is 26.5. The van der Waals surface area contributed by atoms with E-state index in [0.717, 1.165) is 15.8 Å². The topological polar surface area (TPSA) is 101 Å². The lowest BCUT2D eigenvalue weighted by Crippen LogP contribution is -2.28. The number of para-hydroxylation sites is 1. The Hall–Kier alpha value is -2.39. The summed E-state index contributed by atoms with van der Waals surface area (Å²) in [6.45, 7) is 0.452. The van der Waals surface area contributed by atoms with E-state index >= 15 is 0 Å². The second kappa shape index (κ2) is 5.32. The fourth-order valence-electron chi connectivity index (χ4n) is 2.95. The molecule has 0 atom stereocenters. The zero-order chi connectivity index (χ0) is 16.9. The number of hydrogen-bond acceptors (Lipinski definition) is 7. The van der Waals surface area contributed by atoms with Crippen molar-refractivity contribution in [3.8, 4) is 0 Å². The summed E-state index contributed by atoms with van der Waals surface area (Å²) in [5.74, 6) is 0.761. The Labute approximate surface area is 143 Å². The molecule has 1 aromatic carbocycles. The van der Waals surface area contributed by atoms with Gasteiger partial charge >= 0.3 is 0 Å². The van der Waals surface area contributed by atoms with Gasteiger partial charge in [-0.3, -0.25) is 4.31 Å². The van der Waals surface area contributed by atoms with Gasteiger partial charge in [0.25, 0.3) is 0 Å². The third-order valence-corrected chi connectivity index (χ3v) is 6.00. The molecule has 7 nitrogen and oxygen atoms in total. The van der Waals surface area contributed by atoms with Gasteiger partial charge in [0.2, 0.25) is 16.0 Å². The molecule has 9 heteroatoms. The van der Waals surface area contributed by atoms with E-state index in [-0.39, 0.29) is 5.95 Å². The Kier molecular flexibility index (Phi) is 3.36. The van der Waals surface area contributed by atoms with Gasteiger partial charge in [0, 0.05) is 6.54 Å². The highest BCUT2D eigenvalue weighted by Gasteiger charge is 2.29. The van der Waals surface area contributed by atoms with Crippen LogP contribution < -0.4 is 15.4 Å². The number of nitrogens with one attached hydrogen (secondary N) is 1. The van der Waals surface area contributed by atoms with Crippen LogP contribution in [0.2, 0.25) is 0 Å². The molecule has 0 aliphatic carbocycles. The van der Waals surface area contributed by atoms with E-state index in [0.29, 0.717) is 30.2 Å². The molecule has 0 fully saturated rings. The highest BCUT2D eigenvalue weighted by atomic mass is 32.2. The average molecular weight is 361 g/mol. The molecule has 24 heavy (non-hydrogen) atoms. The second-order valence-electron chi connectivity index (χ2n) is 5.59. The second-order valence-corrected chi connectivity index (χ2v) is 8.41. The van der Waals surface area contributed by atoms with Crippen molar-refractivity contribution in [3.63, 3.8) is 0 Å². The number of hydrogen-bond donors (Lipinski definition) is 2. The third-order valence-electron chi connectivity index (χ3n) is 3.93. The summed E-state index contributed by atoms with van der Waals surface area (Å²) in [6, 6.07) is 7.57. The molecule has 3 heterocycles. The maximum absolute atomic E-state index is 12.1. The Balaban J connectivity index is 1.84. The highest BCUT2D eigenvalue weighted by molar-refractivity contribution is 7.92. The molecule has 0 bridgehead atoms. The lowest BCUT2D eigenvalue weighted by molar-refractivity contribution is 0.598. The van der Waals surface area contributed by atoms with Crippen molar-refractivity contribution < 1.29 is 8.42 Å². The van der Waals surface area contributed by atoms with Crippen LogP contribution in [0.5, 0.6) is 0 Å². The van der Waals surface area contributed by atoms with Crippen molar-refractivity contribution in [1.82, 2.24) is 9.97 Å². The van der Waals surface area contributed by atoms with Crippen molar-refractivity contribution in [1.29, 1.82) is 0 Å². The maximum atomic E-state index is 12.1. The van der Waals surface area contributed by atoms with Gasteiger partial charge in [0.05, 0.1) is 27.8 Å². The third kappa shape index (κ3) is 2.45. The highest BCUT2D eigenvalue weighted by Crippen LogP contribution is 2.39. The standard InChI is InChI=1S/C15H15N5O2S2/c1-24(21,22)20-7-5-9-3-2-4-10(12(9)20)17-14-13-11(6-8-23-13)18-15(16)19-14/h2-4,6,8H,5,7H2,1H3,(H3,16,17,18,19). The number of aromatic nitrogens is 2. The molecule has 0 spiro atoms.